The van der Waals surface area contributed by atoms with Gasteiger partial charge in [-0.05, 0) is 26.8 Å². The van der Waals surface area contributed by atoms with Crippen LogP contribution < -0.4 is 0 Å². The monoisotopic (exact) mass is 190 g/mol. The lowest BCUT2D eigenvalue weighted by Gasteiger charge is -2.38. The van der Waals surface area contributed by atoms with Crippen LogP contribution in [0.4, 0.5) is 0 Å². The molecule has 0 atom stereocenters. The Kier molecular flexibility index (Phi) is 1.81. The average Bonchev–Trinajstić information content (AvgIpc) is 2.22. The lowest BCUT2D eigenvalue weighted by molar-refractivity contribution is -0.950. The van der Waals surface area contributed by atoms with Crippen molar-refractivity contribution in [1.82, 2.24) is 0 Å². The lowest BCUT2D eigenvalue weighted by atomic mass is 9.92. The van der Waals surface area contributed by atoms with E-state index in [1.54, 1.807) is 0 Å². The SMILES string of the molecule is Cc1ccc2c(c1)C(C)(C)[N+](C)(C)C2. The van der Waals surface area contributed by atoms with Crippen LogP contribution in [0.1, 0.15) is 30.5 Å². The van der Waals surface area contributed by atoms with Gasteiger partial charge >= 0.3 is 0 Å². The number of benzene rings is 1. The van der Waals surface area contributed by atoms with Crippen molar-refractivity contribution >= 4 is 0 Å². The fourth-order valence-corrected chi connectivity index (χ4v) is 2.35. The first kappa shape index (κ1) is 9.72. The Balaban J connectivity index is 2.62. The fraction of sp³-hybridized carbons (Fsp3) is 0.538. The Morgan fingerprint density at radius 2 is 1.86 bits per heavy atom. The molecule has 1 aliphatic rings. The van der Waals surface area contributed by atoms with E-state index in [4.69, 9.17) is 0 Å². The number of aryl methyl sites for hydroxylation is 1. The topological polar surface area (TPSA) is 0 Å². The van der Waals surface area contributed by atoms with E-state index in [0.717, 1.165) is 11.0 Å². The van der Waals surface area contributed by atoms with Gasteiger partial charge in [0.25, 0.3) is 0 Å². The molecule has 0 bridgehead atoms. The van der Waals surface area contributed by atoms with Crippen LogP contribution in [0.25, 0.3) is 0 Å². The summed E-state index contributed by atoms with van der Waals surface area (Å²) in [6.45, 7) is 8.02. The molecule has 1 nitrogen and oxygen atoms in total. The van der Waals surface area contributed by atoms with E-state index in [-0.39, 0.29) is 5.54 Å². The molecule has 0 N–H and O–H groups in total. The normalized spacial score (nSPS) is 22.1. The summed E-state index contributed by atoms with van der Waals surface area (Å²) in [7, 11) is 4.63. The molecule has 76 valence electrons. The third-order valence-electron chi connectivity index (χ3n) is 4.00. The van der Waals surface area contributed by atoms with Crippen molar-refractivity contribution < 1.29 is 4.48 Å². The van der Waals surface area contributed by atoms with Gasteiger partial charge in [0.2, 0.25) is 0 Å². The summed E-state index contributed by atoms with van der Waals surface area (Å²) in [4.78, 5) is 0. The Morgan fingerprint density at radius 3 is 2.50 bits per heavy atom. The molecule has 0 amide bonds. The summed E-state index contributed by atoms with van der Waals surface area (Å²) in [5.74, 6) is 0. The highest BCUT2D eigenvalue weighted by atomic mass is 15.4. The molecule has 0 fully saturated rings. The molecule has 1 aromatic carbocycles. The molecule has 1 aliphatic heterocycles. The van der Waals surface area contributed by atoms with Gasteiger partial charge in [0.15, 0.2) is 0 Å². The van der Waals surface area contributed by atoms with Crippen LogP contribution in [0.15, 0.2) is 18.2 Å². The fourth-order valence-electron chi connectivity index (χ4n) is 2.35. The first-order valence-corrected chi connectivity index (χ1v) is 5.28. The number of quaternary nitrogens is 1. The van der Waals surface area contributed by atoms with Gasteiger partial charge in [-0.3, -0.25) is 0 Å². The predicted octanol–water partition coefficient (Wildman–Crippen LogP) is 2.82. The van der Waals surface area contributed by atoms with Crippen molar-refractivity contribution in [3.8, 4) is 0 Å². The zero-order valence-corrected chi connectivity index (χ0v) is 9.89. The van der Waals surface area contributed by atoms with Gasteiger partial charge in [-0.25, -0.2) is 0 Å². The van der Waals surface area contributed by atoms with Gasteiger partial charge in [0.1, 0.15) is 12.1 Å². The second-order valence-corrected chi connectivity index (χ2v) is 5.56. The minimum absolute atomic E-state index is 0.251. The Morgan fingerprint density at radius 1 is 1.21 bits per heavy atom. The van der Waals surface area contributed by atoms with E-state index < -0.39 is 0 Å². The first-order valence-electron chi connectivity index (χ1n) is 5.28. The van der Waals surface area contributed by atoms with E-state index >= 15 is 0 Å². The Hall–Kier alpha value is -0.820. The zero-order chi connectivity index (χ0) is 10.6. The van der Waals surface area contributed by atoms with E-state index in [9.17, 15) is 0 Å². The number of rotatable bonds is 0. The van der Waals surface area contributed by atoms with Gasteiger partial charge in [0, 0.05) is 11.1 Å². The van der Waals surface area contributed by atoms with Crippen LogP contribution in [-0.4, -0.2) is 18.6 Å². The molecular formula is C13H20N+. The molecule has 0 saturated carbocycles. The maximum Gasteiger partial charge on any atom is 0.119 e. The molecule has 1 heteroatoms. The molecule has 0 spiro atoms. The van der Waals surface area contributed by atoms with E-state index in [1.165, 1.54) is 16.7 Å². The van der Waals surface area contributed by atoms with Crippen molar-refractivity contribution in [3.05, 3.63) is 34.9 Å². The summed E-state index contributed by atoms with van der Waals surface area (Å²) in [5, 5.41) is 0. The molecule has 0 radical (unpaired) electrons. The van der Waals surface area contributed by atoms with Gasteiger partial charge in [-0.1, -0.05) is 17.7 Å². The molecule has 2 rings (SSSR count). The maximum atomic E-state index is 2.35. The average molecular weight is 190 g/mol. The molecule has 1 heterocycles. The first-order chi connectivity index (χ1) is 6.34. The minimum Gasteiger partial charge on any atom is -0.317 e. The number of hydrogen-bond acceptors (Lipinski definition) is 0. The van der Waals surface area contributed by atoms with E-state index in [2.05, 4.69) is 53.1 Å². The van der Waals surface area contributed by atoms with Crippen molar-refractivity contribution in [1.29, 1.82) is 0 Å². The third-order valence-corrected chi connectivity index (χ3v) is 4.00. The number of hydrogen-bond donors (Lipinski definition) is 0. The standard InChI is InChI=1S/C13H20N/c1-10-6-7-11-9-14(4,5)13(2,3)12(11)8-10/h6-8H,9H2,1-5H3/q+1. The number of fused-ring (bicyclic) bond motifs is 1. The van der Waals surface area contributed by atoms with E-state index in [1.807, 2.05) is 0 Å². The van der Waals surface area contributed by atoms with Crippen LogP contribution in [0.2, 0.25) is 0 Å². The lowest BCUT2D eigenvalue weighted by Crippen LogP contribution is -2.48. The van der Waals surface area contributed by atoms with Crippen molar-refractivity contribution in [2.75, 3.05) is 14.1 Å². The maximum absolute atomic E-state index is 2.35. The summed E-state index contributed by atoms with van der Waals surface area (Å²) in [6.07, 6.45) is 0. The molecule has 1 aromatic rings. The third kappa shape index (κ3) is 1.12. The van der Waals surface area contributed by atoms with Crippen LogP contribution >= 0.6 is 0 Å². The second-order valence-electron chi connectivity index (χ2n) is 5.56. The van der Waals surface area contributed by atoms with Crippen LogP contribution in [0, 0.1) is 6.92 Å². The molecule has 0 unspecified atom stereocenters. The molecule has 14 heavy (non-hydrogen) atoms. The molecular weight excluding hydrogens is 170 g/mol. The number of nitrogens with zero attached hydrogens (tertiary/aromatic N) is 1. The highest BCUT2D eigenvalue weighted by Gasteiger charge is 2.45. The molecule has 0 saturated heterocycles. The van der Waals surface area contributed by atoms with Gasteiger partial charge < -0.3 is 4.48 Å². The summed E-state index contributed by atoms with van der Waals surface area (Å²) in [5.41, 5.74) is 4.67. The quantitative estimate of drug-likeness (QED) is 0.552. The van der Waals surface area contributed by atoms with Gasteiger partial charge in [0.05, 0.1) is 14.1 Å². The van der Waals surface area contributed by atoms with Crippen molar-refractivity contribution in [2.45, 2.75) is 32.9 Å². The molecule has 0 aliphatic carbocycles. The van der Waals surface area contributed by atoms with Crippen molar-refractivity contribution in [3.63, 3.8) is 0 Å². The van der Waals surface area contributed by atoms with Crippen LogP contribution in [0.3, 0.4) is 0 Å². The van der Waals surface area contributed by atoms with Crippen molar-refractivity contribution in [2.24, 2.45) is 0 Å². The van der Waals surface area contributed by atoms with Gasteiger partial charge in [-0.15, -0.1) is 0 Å². The summed E-state index contributed by atoms with van der Waals surface area (Å²) >= 11 is 0. The highest BCUT2D eigenvalue weighted by Crippen LogP contribution is 2.42. The Bertz CT molecular complexity index is 375. The van der Waals surface area contributed by atoms with Crippen LogP contribution in [-0.2, 0) is 12.1 Å². The largest absolute Gasteiger partial charge is 0.317 e. The van der Waals surface area contributed by atoms with E-state index in [0.29, 0.717) is 0 Å². The summed E-state index contributed by atoms with van der Waals surface area (Å²) < 4.78 is 1.06. The minimum atomic E-state index is 0.251. The van der Waals surface area contributed by atoms with Gasteiger partial charge in [-0.2, -0.15) is 0 Å². The zero-order valence-electron chi connectivity index (χ0n) is 9.89. The summed E-state index contributed by atoms with van der Waals surface area (Å²) in [6, 6.07) is 6.86. The predicted molar refractivity (Wildman–Crippen MR) is 60.0 cm³/mol. The Labute approximate surface area is 86.9 Å². The second kappa shape index (κ2) is 2.60. The smallest absolute Gasteiger partial charge is 0.119 e. The highest BCUT2D eigenvalue weighted by molar-refractivity contribution is 5.37. The van der Waals surface area contributed by atoms with Crippen LogP contribution in [0.5, 0.6) is 0 Å². The molecule has 0 aromatic heterocycles.